The minimum atomic E-state index is -0.220. The van der Waals surface area contributed by atoms with Gasteiger partial charge in [0.1, 0.15) is 5.75 Å². The molecule has 0 bridgehead atoms. The molecule has 3 aromatic carbocycles. The highest BCUT2D eigenvalue weighted by Crippen LogP contribution is 2.26. The number of nitrogens with one attached hydrogen (secondary N) is 1. The van der Waals surface area contributed by atoms with Crippen LogP contribution in [0.15, 0.2) is 66.7 Å². The molecular weight excluding hydrogens is 438 g/mol. The SMILES string of the molecule is COc1cccc(C(=O)Nc2ccc(N(C)C)c(CN(CC(C)C)C(=O)c3cccc(C)c3)c2)c1. The lowest BCUT2D eigenvalue weighted by molar-refractivity contribution is 0.0722. The Morgan fingerprint density at radius 2 is 1.66 bits per heavy atom. The summed E-state index contributed by atoms with van der Waals surface area (Å²) in [7, 11) is 5.52. The van der Waals surface area contributed by atoms with E-state index in [-0.39, 0.29) is 11.8 Å². The Morgan fingerprint density at radius 1 is 0.943 bits per heavy atom. The Balaban J connectivity index is 1.90. The third-order valence-electron chi connectivity index (χ3n) is 5.65. The number of benzene rings is 3. The van der Waals surface area contributed by atoms with E-state index in [1.165, 1.54) is 0 Å². The molecule has 0 aromatic heterocycles. The molecule has 0 spiro atoms. The van der Waals surface area contributed by atoms with E-state index in [1.54, 1.807) is 31.4 Å². The average Bonchev–Trinajstić information content (AvgIpc) is 2.83. The van der Waals surface area contributed by atoms with Crippen molar-refractivity contribution in [1.82, 2.24) is 4.90 Å². The van der Waals surface area contributed by atoms with Crippen LogP contribution in [-0.4, -0.2) is 44.5 Å². The third-order valence-corrected chi connectivity index (χ3v) is 5.65. The Kier molecular flexibility index (Phi) is 8.53. The summed E-state index contributed by atoms with van der Waals surface area (Å²) in [4.78, 5) is 30.2. The number of methoxy groups -OCH3 is 1. The average molecular weight is 474 g/mol. The van der Waals surface area contributed by atoms with E-state index in [0.717, 1.165) is 16.8 Å². The first-order chi connectivity index (χ1) is 16.7. The quantitative estimate of drug-likeness (QED) is 0.438. The number of carbonyl (C=O) groups excluding carboxylic acids is 2. The number of anilines is 2. The van der Waals surface area contributed by atoms with Crippen LogP contribution in [0.3, 0.4) is 0 Å². The highest BCUT2D eigenvalue weighted by Gasteiger charge is 2.20. The van der Waals surface area contributed by atoms with Crippen molar-refractivity contribution in [3.8, 4) is 5.75 Å². The maximum atomic E-state index is 13.5. The molecule has 3 rings (SSSR count). The van der Waals surface area contributed by atoms with Crippen LogP contribution >= 0.6 is 0 Å². The Bertz CT molecular complexity index is 1190. The largest absolute Gasteiger partial charge is 0.497 e. The van der Waals surface area contributed by atoms with Gasteiger partial charge in [-0.3, -0.25) is 9.59 Å². The predicted molar refractivity (Wildman–Crippen MR) is 142 cm³/mol. The molecule has 0 heterocycles. The summed E-state index contributed by atoms with van der Waals surface area (Å²) < 4.78 is 5.24. The molecule has 0 aliphatic rings. The highest BCUT2D eigenvalue weighted by atomic mass is 16.5. The van der Waals surface area contributed by atoms with Crippen molar-refractivity contribution in [3.63, 3.8) is 0 Å². The molecule has 2 amide bonds. The number of carbonyl (C=O) groups is 2. The topological polar surface area (TPSA) is 61.9 Å². The molecule has 0 unspecified atom stereocenters. The lowest BCUT2D eigenvalue weighted by Crippen LogP contribution is -2.34. The molecular formula is C29H35N3O3. The van der Waals surface area contributed by atoms with Crippen LogP contribution in [0.5, 0.6) is 5.75 Å². The van der Waals surface area contributed by atoms with Crippen LogP contribution in [0.1, 0.15) is 45.7 Å². The summed E-state index contributed by atoms with van der Waals surface area (Å²) in [5.74, 6) is 0.711. The van der Waals surface area contributed by atoms with Gasteiger partial charge >= 0.3 is 0 Å². The number of hydrogen-bond acceptors (Lipinski definition) is 4. The lowest BCUT2D eigenvalue weighted by Gasteiger charge is -2.28. The van der Waals surface area contributed by atoms with Crippen LogP contribution in [0.4, 0.5) is 11.4 Å². The van der Waals surface area contributed by atoms with Crippen LogP contribution in [-0.2, 0) is 6.54 Å². The summed E-state index contributed by atoms with van der Waals surface area (Å²) in [5, 5.41) is 2.98. The fourth-order valence-electron chi connectivity index (χ4n) is 4.02. The van der Waals surface area contributed by atoms with Crippen molar-refractivity contribution in [3.05, 3.63) is 89.0 Å². The molecule has 0 fully saturated rings. The van der Waals surface area contributed by atoms with E-state index < -0.39 is 0 Å². The van der Waals surface area contributed by atoms with Gasteiger partial charge in [0.25, 0.3) is 11.8 Å². The van der Waals surface area contributed by atoms with Crippen molar-refractivity contribution in [1.29, 1.82) is 0 Å². The molecule has 0 atom stereocenters. The fourth-order valence-corrected chi connectivity index (χ4v) is 4.02. The minimum Gasteiger partial charge on any atom is -0.497 e. The van der Waals surface area contributed by atoms with Crippen LogP contribution < -0.4 is 15.0 Å². The van der Waals surface area contributed by atoms with Gasteiger partial charge in [0.05, 0.1) is 7.11 Å². The molecule has 184 valence electrons. The van der Waals surface area contributed by atoms with E-state index in [9.17, 15) is 9.59 Å². The Labute approximate surface area is 208 Å². The molecule has 0 aliphatic carbocycles. The van der Waals surface area contributed by atoms with Crippen molar-refractivity contribution in [2.45, 2.75) is 27.3 Å². The van der Waals surface area contributed by atoms with Gasteiger partial charge in [-0.05, 0) is 66.9 Å². The zero-order valence-corrected chi connectivity index (χ0v) is 21.5. The van der Waals surface area contributed by atoms with Gasteiger partial charge in [0.15, 0.2) is 0 Å². The van der Waals surface area contributed by atoms with Gasteiger partial charge in [-0.15, -0.1) is 0 Å². The summed E-state index contributed by atoms with van der Waals surface area (Å²) in [6, 6.07) is 20.5. The fraction of sp³-hybridized carbons (Fsp3) is 0.310. The zero-order chi connectivity index (χ0) is 25.5. The Morgan fingerprint density at radius 3 is 2.31 bits per heavy atom. The lowest BCUT2D eigenvalue weighted by atomic mass is 10.1. The molecule has 0 saturated carbocycles. The van der Waals surface area contributed by atoms with E-state index >= 15 is 0 Å². The van der Waals surface area contributed by atoms with Gasteiger partial charge in [-0.25, -0.2) is 0 Å². The van der Waals surface area contributed by atoms with Crippen LogP contribution in [0, 0.1) is 12.8 Å². The predicted octanol–water partition coefficient (Wildman–Crippen LogP) is 5.62. The first kappa shape index (κ1) is 25.8. The van der Waals surface area contributed by atoms with Crippen molar-refractivity contribution < 1.29 is 14.3 Å². The molecule has 0 aliphatic heterocycles. The van der Waals surface area contributed by atoms with Gasteiger partial charge in [0, 0.05) is 49.7 Å². The monoisotopic (exact) mass is 473 g/mol. The maximum absolute atomic E-state index is 13.5. The Hall–Kier alpha value is -3.80. The first-order valence-corrected chi connectivity index (χ1v) is 11.8. The number of hydrogen-bond donors (Lipinski definition) is 1. The maximum Gasteiger partial charge on any atom is 0.255 e. The molecule has 35 heavy (non-hydrogen) atoms. The summed E-state index contributed by atoms with van der Waals surface area (Å²) >= 11 is 0. The molecule has 6 nitrogen and oxygen atoms in total. The van der Waals surface area contributed by atoms with Gasteiger partial charge < -0.3 is 19.9 Å². The van der Waals surface area contributed by atoms with Crippen molar-refractivity contribution in [2.24, 2.45) is 5.92 Å². The standard InChI is InChI=1S/C29H35N3O3/c1-20(2)18-32(29(34)23-11-7-9-21(3)15-23)19-24-16-25(13-14-27(24)31(4)5)30-28(33)22-10-8-12-26(17-22)35-6/h7-17,20H,18-19H2,1-6H3,(H,30,33). The first-order valence-electron chi connectivity index (χ1n) is 11.8. The minimum absolute atomic E-state index is 0.00192. The van der Waals surface area contributed by atoms with Crippen molar-refractivity contribution in [2.75, 3.05) is 38.0 Å². The van der Waals surface area contributed by atoms with E-state index in [2.05, 4.69) is 19.2 Å². The number of nitrogens with zero attached hydrogens (tertiary/aromatic N) is 2. The second-order valence-corrected chi connectivity index (χ2v) is 9.37. The number of aryl methyl sites for hydroxylation is 1. The van der Waals surface area contributed by atoms with Gasteiger partial charge in [-0.1, -0.05) is 37.6 Å². The van der Waals surface area contributed by atoms with E-state index in [0.29, 0.717) is 41.6 Å². The molecule has 6 heteroatoms. The van der Waals surface area contributed by atoms with E-state index in [1.807, 2.05) is 73.3 Å². The van der Waals surface area contributed by atoms with Gasteiger partial charge in [0.2, 0.25) is 0 Å². The van der Waals surface area contributed by atoms with Gasteiger partial charge in [-0.2, -0.15) is 0 Å². The second kappa shape index (κ2) is 11.6. The zero-order valence-electron chi connectivity index (χ0n) is 21.5. The highest BCUT2D eigenvalue weighted by molar-refractivity contribution is 6.04. The molecule has 0 saturated heterocycles. The second-order valence-electron chi connectivity index (χ2n) is 9.37. The smallest absolute Gasteiger partial charge is 0.255 e. The van der Waals surface area contributed by atoms with Crippen LogP contribution in [0.2, 0.25) is 0 Å². The summed E-state index contributed by atoms with van der Waals surface area (Å²) in [6.07, 6.45) is 0. The number of ether oxygens (including phenoxy) is 1. The summed E-state index contributed by atoms with van der Waals surface area (Å²) in [5.41, 5.74) is 4.87. The third kappa shape index (κ3) is 6.85. The van der Waals surface area contributed by atoms with Crippen molar-refractivity contribution >= 4 is 23.2 Å². The number of rotatable bonds is 9. The van der Waals surface area contributed by atoms with E-state index in [4.69, 9.17) is 4.74 Å². The molecule has 1 N–H and O–H groups in total. The summed E-state index contributed by atoms with van der Waals surface area (Å²) in [6.45, 7) is 7.26. The normalized spacial score (nSPS) is 10.7. The van der Waals surface area contributed by atoms with Crippen LogP contribution in [0.25, 0.3) is 0 Å². The number of amides is 2. The molecule has 3 aromatic rings. The molecule has 0 radical (unpaired) electrons.